The zero-order chi connectivity index (χ0) is 17.6. The number of piperazine rings is 1. The molecule has 26 heavy (non-hydrogen) atoms. The SMILES string of the molecule is c1ccc(CN2CCN(c3nncc(NCc4ccco4)n3)CC2)cc1. The fourth-order valence-corrected chi connectivity index (χ4v) is 3.05. The predicted octanol–water partition coefficient (Wildman–Crippen LogP) is 2.40. The van der Waals surface area contributed by atoms with Gasteiger partial charge in [-0.3, -0.25) is 4.90 Å². The van der Waals surface area contributed by atoms with Gasteiger partial charge in [-0.25, -0.2) is 0 Å². The molecule has 0 amide bonds. The van der Waals surface area contributed by atoms with Crippen molar-refractivity contribution >= 4 is 11.8 Å². The van der Waals surface area contributed by atoms with Crippen LogP contribution in [0.5, 0.6) is 0 Å². The van der Waals surface area contributed by atoms with Gasteiger partial charge in [-0.05, 0) is 17.7 Å². The summed E-state index contributed by atoms with van der Waals surface area (Å²) in [6, 6.07) is 14.4. The van der Waals surface area contributed by atoms with Gasteiger partial charge in [-0.1, -0.05) is 30.3 Å². The first-order chi connectivity index (χ1) is 12.9. The van der Waals surface area contributed by atoms with Crippen molar-refractivity contribution in [3.05, 3.63) is 66.2 Å². The molecule has 7 heteroatoms. The number of rotatable bonds is 6. The van der Waals surface area contributed by atoms with Gasteiger partial charge in [0.25, 0.3) is 0 Å². The summed E-state index contributed by atoms with van der Waals surface area (Å²) in [4.78, 5) is 9.23. The van der Waals surface area contributed by atoms with E-state index < -0.39 is 0 Å². The molecule has 1 N–H and O–H groups in total. The monoisotopic (exact) mass is 350 g/mol. The van der Waals surface area contributed by atoms with Crippen LogP contribution in [0.2, 0.25) is 0 Å². The first-order valence-corrected chi connectivity index (χ1v) is 8.84. The molecule has 1 aliphatic heterocycles. The molecular weight excluding hydrogens is 328 g/mol. The van der Waals surface area contributed by atoms with Crippen molar-refractivity contribution in [2.75, 3.05) is 36.4 Å². The molecule has 0 unspecified atom stereocenters. The number of aromatic nitrogens is 3. The highest BCUT2D eigenvalue weighted by molar-refractivity contribution is 5.39. The maximum atomic E-state index is 5.32. The van der Waals surface area contributed by atoms with E-state index in [0.29, 0.717) is 18.3 Å². The summed E-state index contributed by atoms with van der Waals surface area (Å²) in [7, 11) is 0. The minimum absolute atomic E-state index is 0.579. The van der Waals surface area contributed by atoms with Gasteiger partial charge in [0.2, 0.25) is 5.95 Å². The molecule has 0 atom stereocenters. The van der Waals surface area contributed by atoms with Gasteiger partial charge in [-0.15, -0.1) is 5.10 Å². The van der Waals surface area contributed by atoms with Crippen LogP contribution >= 0.6 is 0 Å². The number of nitrogens with zero attached hydrogens (tertiary/aromatic N) is 5. The van der Waals surface area contributed by atoms with Crippen molar-refractivity contribution in [2.45, 2.75) is 13.1 Å². The van der Waals surface area contributed by atoms with E-state index in [1.165, 1.54) is 5.56 Å². The molecular formula is C19H22N6O. The summed E-state index contributed by atoms with van der Waals surface area (Å²) in [6.45, 7) is 5.34. The summed E-state index contributed by atoms with van der Waals surface area (Å²) < 4.78 is 5.32. The molecule has 1 aliphatic rings. The maximum Gasteiger partial charge on any atom is 0.247 e. The van der Waals surface area contributed by atoms with E-state index in [1.807, 2.05) is 12.1 Å². The lowest BCUT2D eigenvalue weighted by molar-refractivity contribution is 0.248. The highest BCUT2D eigenvalue weighted by Crippen LogP contribution is 2.14. The van der Waals surface area contributed by atoms with E-state index in [9.17, 15) is 0 Å². The molecule has 0 spiro atoms. The second-order valence-electron chi connectivity index (χ2n) is 6.32. The number of hydrogen-bond acceptors (Lipinski definition) is 7. The van der Waals surface area contributed by atoms with Gasteiger partial charge in [0, 0.05) is 32.7 Å². The van der Waals surface area contributed by atoms with Crippen LogP contribution in [0.3, 0.4) is 0 Å². The Labute approximate surface area is 152 Å². The molecule has 0 radical (unpaired) electrons. The summed E-state index contributed by atoms with van der Waals surface area (Å²) in [6.07, 6.45) is 3.30. The molecule has 7 nitrogen and oxygen atoms in total. The Bertz CT molecular complexity index is 800. The Morgan fingerprint density at radius 1 is 1.00 bits per heavy atom. The molecule has 1 aromatic carbocycles. The Morgan fingerprint density at radius 3 is 2.62 bits per heavy atom. The second kappa shape index (κ2) is 7.97. The van der Waals surface area contributed by atoms with E-state index in [0.717, 1.165) is 38.5 Å². The minimum atomic E-state index is 0.579. The summed E-state index contributed by atoms with van der Waals surface area (Å²) >= 11 is 0. The third kappa shape index (κ3) is 4.18. The summed E-state index contributed by atoms with van der Waals surface area (Å²) in [5.41, 5.74) is 1.35. The zero-order valence-electron chi connectivity index (χ0n) is 14.6. The topological polar surface area (TPSA) is 70.3 Å². The van der Waals surface area contributed by atoms with Crippen molar-refractivity contribution in [1.82, 2.24) is 20.1 Å². The fourth-order valence-electron chi connectivity index (χ4n) is 3.05. The predicted molar refractivity (Wildman–Crippen MR) is 99.8 cm³/mol. The standard InChI is InChI=1S/C19H22N6O/c1-2-5-16(6-3-1)15-24-8-10-25(11-9-24)19-22-18(14-21-23-19)20-13-17-7-4-12-26-17/h1-7,12,14H,8-11,13,15H2,(H,20,22,23). The fraction of sp³-hybridized carbons (Fsp3) is 0.316. The molecule has 2 aromatic heterocycles. The molecule has 3 heterocycles. The Morgan fingerprint density at radius 2 is 1.85 bits per heavy atom. The van der Waals surface area contributed by atoms with Gasteiger partial charge in [0.05, 0.1) is 19.0 Å². The largest absolute Gasteiger partial charge is 0.467 e. The third-order valence-corrected chi connectivity index (χ3v) is 4.48. The van der Waals surface area contributed by atoms with Gasteiger partial charge in [-0.2, -0.15) is 10.1 Å². The lowest BCUT2D eigenvalue weighted by atomic mass is 10.2. The molecule has 4 rings (SSSR count). The van der Waals surface area contributed by atoms with E-state index >= 15 is 0 Å². The Balaban J connectivity index is 1.32. The van der Waals surface area contributed by atoms with Gasteiger partial charge < -0.3 is 14.6 Å². The molecule has 3 aromatic rings. The zero-order valence-corrected chi connectivity index (χ0v) is 14.6. The van der Waals surface area contributed by atoms with Crippen molar-refractivity contribution in [3.8, 4) is 0 Å². The molecule has 1 saturated heterocycles. The van der Waals surface area contributed by atoms with E-state index in [-0.39, 0.29) is 0 Å². The number of benzene rings is 1. The second-order valence-corrected chi connectivity index (χ2v) is 6.32. The highest BCUT2D eigenvalue weighted by atomic mass is 16.3. The molecule has 0 saturated carbocycles. The normalized spacial score (nSPS) is 15.2. The number of nitrogens with one attached hydrogen (secondary N) is 1. The van der Waals surface area contributed by atoms with Crippen molar-refractivity contribution in [1.29, 1.82) is 0 Å². The van der Waals surface area contributed by atoms with E-state index in [2.05, 4.69) is 60.6 Å². The summed E-state index contributed by atoms with van der Waals surface area (Å²) in [5, 5.41) is 11.5. The van der Waals surface area contributed by atoms with Gasteiger partial charge in [0.1, 0.15) is 5.76 Å². The molecule has 0 bridgehead atoms. The van der Waals surface area contributed by atoms with Gasteiger partial charge in [0.15, 0.2) is 5.82 Å². The van der Waals surface area contributed by atoms with Crippen LogP contribution in [-0.4, -0.2) is 46.3 Å². The third-order valence-electron chi connectivity index (χ3n) is 4.48. The first kappa shape index (κ1) is 16.5. The molecule has 0 aliphatic carbocycles. The van der Waals surface area contributed by atoms with Crippen LogP contribution in [-0.2, 0) is 13.1 Å². The van der Waals surface area contributed by atoms with Crippen LogP contribution < -0.4 is 10.2 Å². The average Bonchev–Trinajstić information content (AvgIpc) is 3.22. The van der Waals surface area contributed by atoms with Crippen LogP contribution in [0.4, 0.5) is 11.8 Å². The van der Waals surface area contributed by atoms with Crippen LogP contribution in [0.25, 0.3) is 0 Å². The number of anilines is 2. The lowest BCUT2D eigenvalue weighted by Crippen LogP contribution is -2.46. The molecule has 134 valence electrons. The summed E-state index contributed by atoms with van der Waals surface area (Å²) in [5.74, 6) is 2.24. The smallest absolute Gasteiger partial charge is 0.247 e. The molecule has 1 fully saturated rings. The quantitative estimate of drug-likeness (QED) is 0.732. The number of furan rings is 1. The number of hydrogen-bond donors (Lipinski definition) is 1. The van der Waals surface area contributed by atoms with Gasteiger partial charge >= 0.3 is 0 Å². The van der Waals surface area contributed by atoms with Crippen molar-refractivity contribution < 1.29 is 4.42 Å². The van der Waals surface area contributed by atoms with E-state index in [4.69, 9.17) is 4.42 Å². The maximum absolute atomic E-state index is 5.32. The van der Waals surface area contributed by atoms with Crippen LogP contribution in [0, 0.1) is 0 Å². The van der Waals surface area contributed by atoms with Crippen LogP contribution in [0.1, 0.15) is 11.3 Å². The van der Waals surface area contributed by atoms with E-state index in [1.54, 1.807) is 12.5 Å². The van der Waals surface area contributed by atoms with Crippen LogP contribution in [0.15, 0.2) is 59.3 Å². The van der Waals surface area contributed by atoms with Crippen molar-refractivity contribution in [2.24, 2.45) is 0 Å². The minimum Gasteiger partial charge on any atom is -0.467 e. The first-order valence-electron chi connectivity index (χ1n) is 8.84. The van der Waals surface area contributed by atoms with Crippen molar-refractivity contribution in [3.63, 3.8) is 0 Å². The highest BCUT2D eigenvalue weighted by Gasteiger charge is 2.19. The lowest BCUT2D eigenvalue weighted by Gasteiger charge is -2.34. The Kier molecular flexibility index (Phi) is 5.07. The Hall–Kier alpha value is -2.93. The average molecular weight is 350 g/mol.